The molecule has 1 rings (SSSR count). The molecule has 20 heavy (non-hydrogen) atoms. The SMILES string of the molecule is CC1CCCC(CCNC(=O)NC(C)(C)CC(=O)O)C1. The van der Waals surface area contributed by atoms with E-state index in [0.717, 1.165) is 12.3 Å². The van der Waals surface area contributed by atoms with Crippen LogP contribution in [0.2, 0.25) is 0 Å². The first-order valence-electron chi connectivity index (χ1n) is 7.56. The summed E-state index contributed by atoms with van der Waals surface area (Å²) >= 11 is 0. The van der Waals surface area contributed by atoms with E-state index in [2.05, 4.69) is 17.6 Å². The van der Waals surface area contributed by atoms with Gasteiger partial charge in [0.1, 0.15) is 0 Å². The molecule has 1 saturated carbocycles. The summed E-state index contributed by atoms with van der Waals surface area (Å²) in [5, 5.41) is 14.3. The van der Waals surface area contributed by atoms with Crippen LogP contribution in [0.5, 0.6) is 0 Å². The zero-order chi connectivity index (χ0) is 15.2. The van der Waals surface area contributed by atoms with E-state index in [-0.39, 0.29) is 12.5 Å². The molecule has 2 amide bonds. The summed E-state index contributed by atoms with van der Waals surface area (Å²) in [4.78, 5) is 22.4. The molecule has 2 atom stereocenters. The fraction of sp³-hybridized carbons (Fsp3) is 0.867. The van der Waals surface area contributed by atoms with Gasteiger partial charge >= 0.3 is 12.0 Å². The fourth-order valence-electron chi connectivity index (χ4n) is 2.99. The lowest BCUT2D eigenvalue weighted by Gasteiger charge is -2.27. The van der Waals surface area contributed by atoms with Crippen molar-refractivity contribution in [2.45, 2.75) is 64.8 Å². The van der Waals surface area contributed by atoms with Gasteiger partial charge < -0.3 is 15.7 Å². The van der Waals surface area contributed by atoms with Crippen LogP contribution in [0.25, 0.3) is 0 Å². The van der Waals surface area contributed by atoms with Crippen LogP contribution in [0.15, 0.2) is 0 Å². The molecule has 0 bridgehead atoms. The first kappa shape index (κ1) is 16.8. The fourth-order valence-corrected chi connectivity index (χ4v) is 2.99. The monoisotopic (exact) mass is 284 g/mol. The average Bonchev–Trinajstić information content (AvgIpc) is 2.26. The molecule has 5 nitrogen and oxygen atoms in total. The zero-order valence-corrected chi connectivity index (χ0v) is 12.9. The lowest BCUT2D eigenvalue weighted by atomic mass is 9.81. The molecule has 0 spiro atoms. The summed E-state index contributed by atoms with van der Waals surface area (Å²) in [5.41, 5.74) is -0.727. The minimum atomic E-state index is -0.911. The second-order valence-electron chi connectivity index (χ2n) is 6.76. The number of carboxylic acids is 1. The number of carboxylic acid groups (broad SMARTS) is 1. The molecule has 0 saturated heterocycles. The van der Waals surface area contributed by atoms with E-state index >= 15 is 0 Å². The van der Waals surface area contributed by atoms with Crippen molar-refractivity contribution in [1.82, 2.24) is 10.6 Å². The Labute approximate surface area is 121 Å². The molecule has 0 heterocycles. The topological polar surface area (TPSA) is 78.4 Å². The van der Waals surface area contributed by atoms with Gasteiger partial charge in [0.25, 0.3) is 0 Å². The van der Waals surface area contributed by atoms with Crippen LogP contribution in [0.3, 0.4) is 0 Å². The number of rotatable bonds is 6. The van der Waals surface area contributed by atoms with Gasteiger partial charge in [0.2, 0.25) is 0 Å². The van der Waals surface area contributed by atoms with Gasteiger partial charge in [-0.2, -0.15) is 0 Å². The largest absolute Gasteiger partial charge is 0.481 e. The average molecular weight is 284 g/mol. The van der Waals surface area contributed by atoms with E-state index in [9.17, 15) is 9.59 Å². The van der Waals surface area contributed by atoms with Crippen LogP contribution in [-0.2, 0) is 4.79 Å². The Morgan fingerprint density at radius 1 is 1.30 bits per heavy atom. The van der Waals surface area contributed by atoms with Crippen molar-refractivity contribution in [2.75, 3.05) is 6.54 Å². The Morgan fingerprint density at radius 3 is 2.60 bits per heavy atom. The Kier molecular flexibility index (Phi) is 6.30. The Morgan fingerprint density at radius 2 is 2.00 bits per heavy atom. The Balaban J connectivity index is 2.21. The van der Waals surface area contributed by atoms with Crippen LogP contribution in [-0.4, -0.2) is 29.2 Å². The van der Waals surface area contributed by atoms with Crippen molar-refractivity contribution in [3.05, 3.63) is 0 Å². The molecular weight excluding hydrogens is 256 g/mol. The molecular formula is C15H28N2O3. The van der Waals surface area contributed by atoms with Crippen molar-refractivity contribution in [3.8, 4) is 0 Å². The molecule has 1 fully saturated rings. The molecule has 116 valence electrons. The van der Waals surface area contributed by atoms with Gasteiger partial charge in [0.05, 0.1) is 6.42 Å². The van der Waals surface area contributed by atoms with E-state index < -0.39 is 11.5 Å². The quantitative estimate of drug-likeness (QED) is 0.701. The Bertz CT molecular complexity index is 342. The van der Waals surface area contributed by atoms with E-state index in [1.54, 1.807) is 13.8 Å². The summed E-state index contributed by atoms with van der Waals surface area (Å²) in [6.07, 6.45) is 6.07. The van der Waals surface area contributed by atoms with E-state index in [1.807, 2.05) is 0 Å². The zero-order valence-electron chi connectivity index (χ0n) is 12.9. The Hall–Kier alpha value is -1.26. The van der Waals surface area contributed by atoms with Crippen molar-refractivity contribution in [1.29, 1.82) is 0 Å². The van der Waals surface area contributed by atoms with Crippen LogP contribution >= 0.6 is 0 Å². The predicted octanol–water partition coefficient (Wildman–Crippen LogP) is 2.76. The molecule has 3 N–H and O–H groups in total. The second kappa shape index (κ2) is 7.50. The minimum Gasteiger partial charge on any atom is -0.481 e. The van der Waals surface area contributed by atoms with Crippen LogP contribution in [0, 0.1) is 11.8 Å². The highest BCUT2D eigenvalue weighted by molar-refractivity contribution is 5.76. The van der Waals surface area contributed by atoms with E-state index in [0.29, 0.717) is 12.5 Å². The first-order chi connectivity index (χ1) is 9.28. The van der Waals surface area contributed by atoms with Gasteiger partial charge in [0.15, 0.2) is 0 Å². The number of urea groups is 1. The summed E-state index contributed by atoms with van der Waals surface area (Å²) in [7, 11) is 0. The number of aliphatic carboxylic acids is 1. The minimum absolute atomic E-state index is 0.0828. The van der Waals surface area contributed by atoms with Gasteiger partial charge in [0, 0.05) is 12.1 Å². The van der Waals surface area contributed by atoms with E-state index in [1.165, 1.54) is 25.7 Å². The van der Waals surface area contributed by atoms with E-state index in [4.69, 9.17) is 5.11 Å². The third kappa shape index (κ3) is 6.78. The van der Waals surface area contributed by atoms with Crippen LogP contribution < -0.4 is 10.6 Å². The molecule has 0 aromatic heterocycles. The highest BCUT2D eigenvalue weighted by Gasteiger charge is 2.24. The number of hydrogen-bond acceptors (Lipinski definition) is 2. The smallest absolute Gasteiger partial charge is 0.315 e. The van der Waals surface area contributed by atoms with Gasteiger partial charge in [-0.1, -0.05) is 26.2 Å². The highest BCUT2D eigenvalue weighted by atomic mass is 16.4. The summed E-state index contributed by atoms with van der Waals surface area (Å²) in [6.45, 7) is 6.38. The first-order valence-corrected chi connectivity index (χ1v) is 7.56. The predicted molar refractivity (Wildman–Crippen MR) is 78.6 cm³/mol. The number of nitrogens with one attached hydrogen (secondary N) is 2. The van der Waals surface area contributed by atoms with Crippen LogP contribution in [0.1, 0.15) is 59.3 Å². The molecule has 0 radical (unpaired) electrons. The third-order valence-electron chi connectivity index (χ3n) is 3.93. The normalized spacial score (nSPS) is 23.1. The van der Waals surface area contributed by atoms with Gasteiger partial charge in [-0.15, -0.1) is 0 Å². The molecule has 1 aliphatic rings. The standard InChI is InChI=1S/C15H28N2O3/c1-11-5-4-6-12(9-11)7-8-16-14(20)17-15(2,3)10-13(18)19/h11-12H,4-10H2,1-3H3,(H,18,19)(H2,16,17,20). The van der Waals surface area contributed by atoms with Crippen molar-refractivity contribution in [2.24, 2.45) is 11.8 Å². The van der Waals surface area contributed by atoms with Gasteiger partial charge in [-0.3, -0.25) is 4.79 Å². The maximum absolute atomic E-state index is 11.7. The van der Waals surface area contributed by atoms with Gasteiger partial charge in [-0.05, 0) is 38.5 Å². The third-order valence-corrected chi connectivity index (χ3v) is 3.93. The maximum atomic E-state index is 11.7. The lowest BCUT2D eigenvalue weighted by molar-refractivity contribution is -0.138. The van der Waals surface area contributed by atoms with Crippen molar-refractivity contribution in [3.63, 3.8) is 0 Å². The second-order valence-corrected chi connectivity index (χ2v) is 6.76. The molecule has 5 heteroatoms. The van der Waals surface area contributed by atoms with Crippen molar-refractivity contribution >= 4 is 12.0 Å². The summed E-state index contributed by atoms with van der Waals surface area (Å²) < 4.78 is 0. The number of carbonyl (C=O) groups is 2. The summed E-state index contributed by atoms with van der Waals surface area (Å²) in [5.74, 6) is 0.606. The molecule has 0 aromatic carbocycles. The van der Waals surface area contributed by atoms with Crippen LogP contribution in [0.4, 0.5) is 4.79 Å². The lowest BCUT2D eigenvalue weighted by Crippen LogP contribution is -2.49. The molecule has 0 aromatic rings. The van der Waals surface area contributed by atoms with Crippen molar-refractivity contribution < 1.29 is 14.7 Å². The molecule has 0 aliphatic heterocycles. The number of hydrogen-bond donors (Lipinski definition) is 3. The molecule has 2 unspecified atom stereocenters. The van der Waals surface area contributed by atoms with Gasteiger partial charge in [-0.25, -0.2) is 4.79 Å². The number of carbonyl (C=O) groups excluding carboxylic acids is 1. The maximum Gasteiger partial charge on any atom is 0.315 e. The number of amides is 2. The highest BCUT2D eigenvalue weighted by Crippen LogP contribution is 2.30. The summed E-state index contributed by atoms with van der Waals surface area (Å²) in [6, 6.07) is -0.278. The molecule has 1 aliphatic carbocycles.